The summed E-state index contributed by atoms with van der Waals surface area (Å²) in [6.07, 6.45) is 0.389. The summed E-state index contributed by atoms with van der Waals surface area (Å²) in [5.41, 5.74) is 0.892. The number of thiocyanates is 1. The highest BCUT2D eigenvalue weighted by Gasteiger charge is 2.06. The van der Waals surface area contributed by atoms with Gasteiger partial charge in [-0.05, 0) is 36.9 Å². The monoisotopic (exact) mass is 248 g/mol. The Hall–Kier alpha value is -1.38. The first kappa shape index (κ1) is 11.1. The number of thiazole rings is 1. The lowest BCUT2D eigenvalue weighted by molar-refractivity contribution is -0.116. The largest absolute Gasteiger partial charge is 0.300 e. The van der Waals surface area contributed by atoms with Crippen LogP contribution in [0, 0.1) is 10.7 Å². The van der Waals surface area contributed by atoms with Gasteiger partial charge in [0.2, 0.25) is 0 Å². The van der Waals surface area contributed by atoms with E-state index >= 15 is 0 Å². The van der Waals surface area contributed by atoms with Crippen LogP contribution in [-0.2, 0) is 11.2 Å². The van der Waals surface area contributed by atoms with Gasteiger partial charge >= 0.3 is 0 Å². The van der Waals surface area contributed by atoms with Gasteiger partial charge in [0.05, 0.1) is 16.6 Å². The van der Waals surface area contributed by atoms with Crippen molar-refractivity contribution in [2.45, 2.75) is 18.2 Å². The molecule has 0 saturated heterocycles. The second-order valence-corrected chi connectivity index (χ2v) is 5.28. The normalized spacial score (nSPS) is 10.2. The predicted molar refractivity (Wildman–Crippen MR) is 65.5 cm³/mol. The minimum absolute atomic E-state index is 0.116. The third-order valence-corrected chi connectivity index (χ3v) is 3.57. The van der Waals surface area contributed by atoms with E-state index in [1.54, 1.807) is 6.92 Å². The molecule has 0 aliphatic heterocycles. The summed E-state index contributed by atoms with van der Waals surface area (Å²) in [5, 5.41) is 11.4. The number of nitrogens with zero attached hydrogens (tertiary/aromatic N) is 2. The quantitative estimate of drug-likeness (QED) is 0.619. The van der Waals surface area contributed by atoms with E-state index in [0.717, 1.165) is 31.9 Å². The number of Topliss-reactive ketones (excluding diaryl/α,β-unsaturated/α-hetero) is 1. The molecule has 1 aromatic carbocycles. The first-order valence-electron chi connectivity index (χ1n) is 4.64. The van der Waals surface area contributed by atoms with Crippen molar-refractivity contribution in [2.24, 2.45) is 0 Å². The molecule has 0 spiro atoms. The number of benzene rings is 1. The minimum atomic E-state index is 0.116. The minimum Gasteiger partial charge on any atom is -0.300 e. The van der Waals surface area contributed by atoms with E-state index in [4.69, 9.17) is 5.26 Å². The first-order chi connectivity index (χ1) is 7.69. The number of rotatable bonds is 3. The zero-order chi connectivity index (χ0) is 11.5. The lowest BCUT2D eigenvalue weighted by atomic mass is 10.3. The molecule has 0 aliphatic carbocycles. The molecule has 0 aliphatic rings. The van der Waals surface area contributed by atoms with E-state index in [9.17, 15) is 4.79 Å². The Balaban J connectivity index is 2.38. The molecule has 2 aromatic rings. The molecule has 2 rings (SSSR count). The molecular weight excluding hydrogens is 240 g/mol. The van der Waals surface area contributed by atoms with Gasteiger partial charge in [-0.1, -0.05) is 0 Å². The number of carbonyl (C=O) groups is 1. The van der Waals surface area contributed by atoms with Crippen molar-refractivity contribution in [3.63, 3.8) is 0 Å². The molecule has 80 valence electrons. The van der Waals surface area contributed by atoms with E-state index in [0.29, 0.717) is 6.42 Å². The Morgan fingerprint density at radius 1 is 1.62 bits per heavy atom. The maximum Gasteiger partial charge on any atom is 0.138 e. The third kappa shape index (κ3) is 2.40. The number of fused-ring (bicyclic) bond motifs is 1. The van der Waals surface area contributed by atoms with E-state index in [1.165, 1.54) is 11.3 Å². The van der Waals surface area contributed by atoms with E-state index < -0.39 is 0 Å². The Morgan fingerprint density at radius 2 is 2.44 bits per heavy atom. The van der Waals surface area contributed by atoms with Crippen molar-refractivity contribution in [2.75, 3.05) is 0 Å². The molecule has 0 saturated carbocycles. The Labute approximate surface area is 101 Å². The second kappa shape index (κ2) is 4.64. The van der Waals surface area contributed by atoms with Crippen LogP contribution in [0.2, 0.25) is 0 Å². The summed E-state index contributed by atoms with van der Waals surface area (Å²) in [4.78, 5) is 16.2. The molecule has 0 bridgehead atoms. The highest BCUT2D eigenvalue weighted by molar-refractivity contribution is 8.03. The summed E-state index contributed by atoms with van der Waals surface area (Å²) in [6.45, 7) is 1.56. The van der Waals surface area contributed by atoms with Crippen molar-refractivity contribution >= 4 is 39.1 Å². The highest BCUT2D eigenvalue weighted by atomic mass is 32.2. The van der Waals surface area contributed by atoms with Crippen LogP contribution in [0.15, 0.2) is 23.1 Å². The van der Waals surface area contributed by atoms with Crippen molar-refractivity contribution in [1.82, 2.24) is 4.98 Å². The van der Waals surface area contributed by atoms with Gasteiger partial charge in [0.15, 0.2) is 0 Å². The number of ketones is 1. The summed E-state index contributed by atoms with van der Waals surface area (Å²) >= 11 is 2.64. The van der Waals surface area contributed by atoms with E-state index in [-0.39, 0.29) is 5.78 Å². The summed E-state index contributed by atoms with van der Waals surface area (Å²) in [6, 6.07) is 5.69. The molecular formula is C11H8N2OS2. The van der Waals surface area contributed by atoms with Gasteiger partial charge in [0.25, 0.3) is 0 Å². The van der Waals surface area contributed by atoms with Gasteiger partial charge in [-0.25, -0.2) is 4.98 Å². The van der Waals surface area contributed by atoms with Gasteiger partial charge in [0.1, 0.15) is 16.2 Å². The third-order valence-electron chi connectivity index (χ3n) is 1.97. The topological polar surface area (TPSA) is 53.8 Å². The number of carbonyl (C=O) groups excluding carboxylic acids is 1. The number of thioether (sulfide) groups is 1. The number of hydrogen-bond donors (Lipinski definition) is 0. The number of nitriles is 1. The SMILES string of the molecule is CC(=O)Cc1nc2ccc(SC#N)cc2s1. The molecule has 0 radical (unpaired) electrons. The van der Waals surface area contributed by atoms with Gasteiger partial charge in [0, 0.05) is 4.90 Å². The Morgan fingerprint density at radius 3 is 3.12 bits per heavy atom. The van der Waals surface area contributed by atoms with E-state index in [2.05, 4.69) is 4.98 Å². The summed E-state index contributed by atoms with van der Waals surface area (Å²) in [7, 11) is 0. The van der Waals surface area contributed by atoms with Crippen LogP contribution < -0.4 is 0 Å². The molecule has 1 heterocycles. The summed E-state index contributed by atoms with van der Waals surface area (Å²) < 4.78 is 1.02. The fourth-order valence-corrected chi connectivity index (χ4v) is 2.93. The van der Waals surface area contributed by atoms with Crippen molar-refractivity contribution in [3.8, 4) is 5.40 Å². The van der Waals surface area contributed by atoms with Crippen molar-refractivity contribution in [3.05, 3.63) is 23.2 Å². The molecule has 0 fully saturated rings. The van der Waals surface area contributed by atoms with Crippen LogP contribution in [0.1, 0.15) is 11.9 Å². The number of aromatic nitrogens is 1. The van der Waals surface area contributed by atoms with Crippen molar-refractivity contribution < 1.29 is 4.79 Å². The molecule has 0 amide bonds. The van der Waals surface area contributed by atoms with Crippen LogP contribution in [0.3, 0.4) is 0 Å². The van der Waals surface area contributed by atoms with Gasteiger partial charge in [-0.3, -0.25) is 4.79 Å². The molecule has 3 nitrogen and oxygen atoms in total. The zero-order valence-corrected chi connectivity index (χ0v) is 10.2. The number of hydrogen-bond acceptors (Lipinski definition) is 5. The second-order valence-electron chi connectivity index (χ2n) is 3.31. The first-order valence-corrected chi connectivity index (χ1v) is 6.27. The zero-order valence-electron chi connectivity index (χ0n) is 8.56. The average molecular weight is 248 g/mol. The predicted octanol–water partition coefficient (Wildman–Crippen LogP) is 3.00. The van der Waals surface area contributed by atoms with Crippen LogP contribution in [0.4, 0.5) is 0 Å². The van der Waals surface area contributed by atoms with Gasteiger partial charge in [-0.2, -0.15) is 5.26 Å². The average Bonchev–Trinajstić information content (AvgIpc) is 2.58. The molecule has 0 unspecified atom stereocenters. The Kier molecular flexibility index (Phi) is 3.22. The molecule has 16 heavy (non-hydrogen) atoms. The van der Waals surface area contributed by atoms with Crippen LogP contribution in [0.5, 0.6) is 0 Å². The van der Waals surface area contributed by atoms with Crippen LogP contribution >= 0.6 is 23.1 Å². The lowest BCUT2D eigenvalue weighted by Crippen LogP contribution is -1.94. The van der Waals surface area contributed by atoms with E-state index in [1.807, 2.05) is 23.6 Å². The summed E-state index contributed by atoms with van der Waals surface area (Å²) in [5.74, 6) is 0.116. The van der Waals surface area contributed by atoms with Crippen LogP contribution in [-0.4, -0.2) is 10.8 Å². The molecule has 0 atom stereocenters. The van der Waals surface area contributed by atoms with Crippen LogP contribution in [0.25, 0.3) is 10.2 Å². The van der Waals surface area contributed by atoms with Gasteiger partial charge in [-0.15, -0.1) is 11.3 Å². The van der Waals surface area contributed by atoms with Crippen molar-refractivity contribution in [1.29, 1.82) is 5.26 Å². The molecule has 5 heteroatoms. The lowest BCUT2D eigenvalue weighted by Gasteiger charge is -1.91. The molecule has 0 N–H and O–H groups in total. The fraction of sp³-hybridized carbons (Fsp3) is 0.182. The smallest absolute Gasteiger partial charge is 0.138 e. The maximum atomic E-state index is 11.0. The molecule has 1 aromatic heterocycles. The Bertz CT molecular complexity index is 583. The maximum absolute atomic E-state index is 11.0. The highest BCUT2D eigenvalue weighted by Crippen LogP contribution is 2.27. The standard InChI is InChI=1S/C11H8N2OS2/c1-7(14)4-11-13-9-3-2-8(15-6-12)5-10(9)16-11/h2-3,5H,4H2,1H3. The fourth-order valence-electron chi connectivity index (χ4n) is 1.36. The van der Waals surface area contributed by atoms with Gasteiger partial charge < -0.3 is 0 Å².